The number of hydrogen-bond acceptors (Lipinski definition) is 3. The lowest BCUT2D eigenvalue weighted by molar-refractivity contribution is 0.294. The molecule has 0 aliphatic rings. The second kappa shape index (κ2) is 3.40. The third-order valence-electron chi connectivity index (χ3n) is 1.57. The molecule has 0 unspecified atom stereocenters. The van der Waals surface area contributed by atoms with Gasteiger partial charge in [0, 0.05) is 18.6 Å². The maximum atomic E-state index is 12.8. The molecule has 0 radical (unpaired) electrons. The minimum Gasteiger partial charge on any atom is -0.504 e. The van der Waals surface area contributed by atoms with Gasteiger partial charge in [-0.05, 0) is 12.1 Å². The topological polar surface area (TPSA) is 60.7 Å². The Morgan fingerprint density at radius 3 is 2.50 bits per heavy atom. The second-order valence-corrected chi connectivity index (χ2v) is 2.37. The van der Waals surface area contributed by atoms with Gasteiger partial charge in [0.15, 0.2) is 11.5 Å². The van der Waals surface area contributed by atoms with Gasteiger partial charge in [0.25, 0.3) is 0 Å². The van der Waals surface area contributed by atoms with E-state index in [0.29, 0.717) is 0 Å². The lowest BCUT2D eigenvalue weighted by atomic mass is 10.1. The molecule has 3 N–H and O–H groups in total. The Labute approximate surface area is 68.7 Å². The summed E-state index contributed by atoms with van der Waals surface area (Å²) in [6.07, 6.45) is -0.00787. The van der Waals surface area contributed by atoms with Crippen LogP contribution < -0.4 is 0 Å². The van der Waals surface area contributed by atoms with Crippen LogP contribution in [0.15, 0.2) is 12.1 Å². The number of aliphatic hydroxyl groups excluding tert-OH is 1. The van der Waals surface area contributed by atoms with Crippen molar-refractivity contribution in [3.8, 4) is 11.5 Å². The van der Waals surface area contributed by atoms with Crippen LogP contribution in [0, 0.1) is 5.82 Å². The fourth-order valence-corrected chi connectivity index (χ4v) is 0.949. The van der Waals surface area contributed by atoms with E-state index in [0.717, 1.165) is 12.1 Å². The molecule has 0 heterocycles. The highest BCUT2D eigenvalue weighted by Crippen LogP contribution is 2.30. The van der Waals surface area contributed by atoms with Crippen LogP contribution in [0.5, 0.6) is 11.5 Å². The summed E-state index contributed by atoms with van der Waals surface area (Å²) >= 11 is 0. The van der Waals surface area contributed by atoms with E-state index in [-0.39, 0.29) is 24.3 Å². The molecule has 0 aromatic heterocycles. The molecule has 4 heteroatoms. The minimum atomic E-state index is -0.626. The molecule has 3 nitrogen and oxygen atoms in total. The summed E-state index contributed by atoms with van der Waals surface area (Å²) in [6, 6.07) is 2.10. The van der Waals surface area contributed by atoms with Gasteiger partial charge in [-0.15, -0.1) is 0 Å². The molecule has 1 aromatic carbocycles. The molecule has 0 bridgehead atoms. The summed E-state index contributed by atoms with van der Waals surface area (Å²) < 4.78 is 12.8. The summed E-state index contributed by atoms with van der Waals surface area (Å²) in [5.41, 5.74) is -0.0579. The van der Waals surface area contributed by atoms with Crippen LogP contribution in [0.2, 0.25) is 0 Å². The Morgan fingerprint density at radius 2 is 1.92 bits per heavy atom. The van der Waals surface area contributed by atoms with Gasteiger partial charge in [-0.1, -0.05) is 0 Å². The first-order chi connectivity index (χ1) is 5.66. The number of aliphatic hydroxyl groups is 1. The van der Waals surface area contributed by atoms with Crippen molar-refractivity contribution in [2.24, 2.45) is 0 Å². The van der Waals surface area contributed by atoms with Gasteiger partial charge in [0.2, 0.25) is 0 Å². The van der Waals surface area contributed by atoms with Gasteiger partial charge in [-0.25, -0.2) is 4.39 Å². The number of hydrogen-bond donors (Lipinski definition) is 3. The van der Waals surface area contributed by atoms with E-state index in [2.05, 4.69) is 0 Å². The highest BCUT2D eigenvalue weighted by atomic mass is 19.1. The Kier molecular flexibility index (Phi) is 2.50. The van der Waals surface area contributed by atoms with Crippen LogP contribution >= 0.6 is 0 Å². The van der Waals surface area contributed by atoms with E-state index in [1.54, 1.807) is 0 Å². The molecular formula is C8H9FO3. The average Bonchev–Trinajstić information content (AvgIpc) is 2.06. The van der Waals surface area contributed by atoms with Crippen molar-refractivity contribution >= 4 is 0 Å². The van der Waals surface area contributed by atoms with Gasteiger partial charge in [-0.3, -0.25) is 0 Å². The van der Waals surface area contributed by atoms with E-state index in [4.69, 9.17) is 15.3 Å². The van der Waals surface area contributed by atoms with Crippen LogP contribution in [-0.2, 0) is 6.42 Å². The normalized spacial score (nSPS) is 10.2. The van der Waals surface area contributed by atoms with Gasteiger partial charge in [-0.2, -0.15) is 0 Å². The third-order valence-corrected chi connectivity index (χ3v) is 1.57. The lowest BCUT2D eigenvalue weighted by Gasteiger charge is -2.05. The first-order valence-corrected chi connectivity index (χ1v) is 3.47. The molecule has 0 fully saturated rings. The van der Waals surface area contributed by atoms with E-state index in [1.165, 1.54) is 0 Å². The van der Waals surface area contributed by atoms with E-state index >= 15 is 0 Å². The molecule has 12 heavy (non-hydrogen) atoms. The number of phenols is 2. The lowest BCUT2D eigenvalue weighted by Crippen LogP contribution is -1.95. The first-order valence-electron chi connectivity index (χ1n) is 3.47. The Bertz CT molecular complexity index is 286. The van der Waals surface area contributed by atoms with E-state index < -0.39 is 11.6 Å². The van der Waals surface area contributed by atoms with Gasteiger partial charge in [0.1, 0.15) is 5.82 Å². The molecule has 0 amide bonds. The van der Waals surface area contributed by atoms with Crippen molar-refractivity contribution in [1.29, 1.82) is 0 Å². The number of aromatic hydroxyl groups is 2. The van der Waals surface area contributed by atoms with E-state index in [1.807, 2.05) is 0 Å². The van der Waals surface area contributed by atoms with Crippen LogP contribution in [0.4, 0.5) is 4.39 Å². The Morgan fingerprint density at radius 1 is 1.25 bits per heavy atom. The van der Waals surface area contributed by atoms with Crippen LogP contribution in [0.25, 0.3) is 0 Å². The van der Waals surface area contributed by atoms with Crippen LogP contribution in [0.3, 0.4) is 0 Å². The molecule has 1 rings (SSSR count). The molecule has 66 valence electrons. The zero-order chi connectivity index (χ0) is 9.14. The molecule has 0 atom stereocenters. The molecule has 0 saturated heterocycles. The largest absolute Gasteiger partial charge is 0.504 e. The first kappa shape index (κ1) is 8.80. The predicted octanol–water partition coefficient (Wildman–Crippen LogP) is 0.772. The Balaban J connectivity index is 3.14. The summed E-state index contributed by atoms with van der Waals surface area (Å²) in [4.78, 5) is 0. The highest BCUT2D eigenvalue weighted by molar-refractivity contribution is 5.45. The molecule has 0 aliphatic heterocycles. The number of benzene rings is 1. The number of halogens is 1. The zero-order valence-electron chi connectivity index (χ0n) is 6.29. The summed E-state index contributed by atoms with van der Waals surface area (Å²) in [6.45, 7) is -0.270. The van der Waals surface area contributed by atoms with Crippen molar-refractivity contribution in [3.05, 3.63) is 23.5 Å². The van der Waals surface area contributed by atoms with Crippen molar-refractivity contribution in [2.45, 2.75) is 6.42 Å². The maximum absolute atomic E-state index is 12.8. The van der Waals surface area contributed by atoms with Gasteiger partial charge in [0.05, 0.1) is 0 Å². The highest BCUT2D eigenvalue weighted by Gasteiger charge is 2.10. The fraction of sp³-hybridized carbons (Fsp3) is 0.250. The monoisotopic (exact) mass is 172 g/mol. The predicted molar refractivity (Wildman–Crippen MR) is 40.5 cm³/mol. The van der Waals surface area contributed by atoms with Crippen molar-refractivity contribution < 1.29 is 19.7 Å². The average molecular weight is 172 g/mol. The minimum absolute atomic E-state index is 0.00787. The van der Waals surface area contributed by atoms with Crippen molar-refractivity contribution in [3.63, 3.8) is 0 Å². The summed E-state index contributed by atoms with van der Waals surface area (Å²) in [7, 11) is 0. The molecule has 0 spiro atoms. The number of rotatable bonds is 2. The third kappa shape index (κ3) is 1.48. The molecule has 1 aromatic rings. The van der Waals surface area contributed by atoms with Crippen LogP contribution in [-0.4, -0.2) is 21.9 Å². The molecular weight excluding hydrogens is 163 g/mol. The summed E-state index contributed by atoms with van der Waals surface area (Å²) in [5.74, 6) is -1.50. The quantitative estimate of drug-likeness (QED) is 0.577. The second-order valence-electron chi connectivity index (χ2n) is 2.37. The van der Waals surface area contributed by atoms with Gasteiger partial charge < -0.3 is 15.3 Å². The maximum Gasteiger partial charge on any atom is 0.163 e. The standard InChI is InChI=1S/C8H9FO3/c9-6-1-2-7(11)8(12)5(6)3-4-10/h1-2,10-12H,3-4H2. The molecule has 0 aliphatic carbocycles. The van der Waals surface area contributed by atoms with Crippen molar-refractivity contribution in [2.75, 3.05) is 6.61 Å². The van der Waals surface area contributed by atoms with Gasteiger partial charge >= 0.3 is 0 Å². The van der Waals surface area contributed by atoms with Crippen molar-refractivity contribution in [1.82, 2.24) is 0 Å². The Hall–Kier alpha value is -1.29. The zero-order valence-corrected chi connectivity index (χ0v) is 6.29. The van der Waals surface area contributed by atoms with E-state index in [9.17, 15) is 4.39 Å². The fourth-order valence-electron chi connectivity index (χ4n) is 0.949. The van der Waals surface area contributed by atoms with Crippen LogP contribution in [0.1, 0.15) is 5.56 Å². The number of phenolic OH excluding ortho intramolecular Hbond substituents is 2. The molecule has 0 saturated carbocycles. The smallest absolute Gasteiger partial charge is 0.163 e. The SMILES string of the molecule is OCCc1c(F)ccc(O)c1O. The summed E-state index contributed by atoms with van der Waals surface area (Å²) in [5, 5.41) is 26.6.